The summed E-state index contributed by atoms with van der Waals surface area (Å²) in [6.45, 7) is 10.1. The molecule has 1 atom stereocenters. The van der Waals surface area contributed by atoms with Crippen LogP contribution < -0.4 is 5.32 Å². The van der Waals surface area contributed by atoms with Crippen molar-refractivity contribution in [2.75, 3.05) is 13.1 Å². The van der Waals surface area contributed by atoms with E-state index in [1.807, 2.05) is 19.2 Å². The summed E-state index contributed by atoms with van der Waals surface area (Å²) in [5, 5.41) is 10.3. The van der Waals surface area contributed by atoms with Gasteiger partial charge in [-0.1, -0.05) is 12.1 Å². The second-order valence-electron chi connectivity index (χ2n) is 6.54. The first-order valence-electron chi connectivity index (χ1n) is 8.31. The van der Waals surface area contributed by atoms with Gasteiger partial charge in [0, 0.05) is 43.2 Å². The molecule has 2 aromatic rings. The molecule has 0 aromatic carbocycles. The number of amides is 1. The molecular formula is C17H24N4O2S. The van der Waals surface area contributed by atoms with Crippen LogP contribution in [0.5, 0.6) is 0 Å². The number of carbonyl (C=O) groups excluding carboxylic acids is 1. The Morgan fingerprint density at radius 3 is 2.92 bits per heavy atom. The molecule has 130 valence electrons. The number of hydrogen-bond donors (Lipinski definition) is 1. The van der Waals surface area contributed by atoms with Crippen LogP contribution in [0.15, 0.2) is 9.90 Å². The summed E-state index contributed by atoms with van der Waals surface area (Å²) in [6, 6.07) is 0. The van der Waals surface area contributed by atoms with Crippen LogP contribution in [-0.4, -0.2) is 34.0 Å². The van der Waals surface area contributed by atoms with E-state index >= 15 is 0 Å². The second-order valence-corrected chi connectivity index (χ2v) is 7.39. The van der Waals surface area contributed by atoms with Crippen LogP contribution in [-0.2, 0) is 23.3 Å². The Kier molecular flexibility index (Phi) is 4.73. The van der Waals surface area contributed by atoms with Crippen LogP contribution >= 0.6 is 11.3 Å². The number of rotatable bonds is 5. The first-order valence-corrected chi connectivity index (χ1v) is 9.19. The Hall–Kier alpha value is -1.73. The van der Waals surface area contributed by atoms with E-state index in [-0.39, 0.29) is 11.4 Å². The monoisotopic (exact) mass is 348 g/mol. The summed E-state index contributed by atoms with van der Waals surface area (Å²) < 4.78 is 5.34. The number of carbonyl (C=O) groups is 1. The minimum absolute atomic E-state index is 0.0138. The van der Waals surface area contributed by atoms with Crippen molar-refractivity contribution >= 4 is 17.2 Å². The van der Waals surface area contributed by atoms with Gasteiger partial charge < -0.3 is 9.84 Å². The molecule has 7 heteroatoms. The quantitative estimate of drug-likeness (QED) is 0.899. The fourth-order valence-electron chi connectivity index (χ4n) is 3.41. The van der Waals surface area contributed by atoms with E-state index in [1.165, 1.54) is 5.56 Å². The highest BCUT2D eigenvalue weighted by molar-refractivity contribution is 7.09. The molecule has 1 N–H and O–H groups in total. The van der Waals surface area contributed by atoms with Gasteiger partial charge in [0.15, 0.2) is 0 Å². The average molecular weight is 348 g/mol. The maximum Gasteiger partial charge on any atom is 0.217 e. The fourth-order valence-corrected chi connectivity index (χ4v) is 4.38. The molecule has 1 saturated heterocycles. The van der Waals surface area contributed by atoms with Crippen LogP contribution in [0, 0.1) is 13.8 Å². The van der Waals surface area contributed by atoms with Crippen molar-refractivity contribution in [3.8, 4) is 0 Å². The molecule has 0 bridgehead atoms. The van der Waals surface area contributed by atoms with Crippen molar-refractivity contribution in [2.24, 2.45) is 0 Å². The second kappa shape index (κ2) is 6.64. The number of aromatic nitrogens is 2. The van der Waals surface area contributed by atoms with Crippen LogP contribution in [0.1, 0.15) is 48.0 Å². The first-order chi connectivity index (χ1) is 11.4. The molecular weight excluding hydrogens is 324 g/mol. The SMILES string of the molecule is CCc1noc(C)c1CN1CCC(NC(C)=O)(c2nc(C)cs2)C1. The van der Waals surface area contributed by atoms with E-state index in [9.17, 15) is 4.79 Å². The number of hydrogen-bond acceptors (Lipinski definition) is 6. The lowest BCUT2D eigenvalue weighted by Gasteiger charge is -2.28. The van der Waals surface area contributed by atoms with Gasteiger partial charge in [-0.05, 0) is 26.7 Å². The molecule has 1 fully saturated rings. The molecule has 1 amide bonds. The van der Waals surface area contributed by atoms with Crippen molar-refractivity contribution in [2.45, 2.75) is 52.6 Å². The largest absolute Gasteiger partial charge is 0.361 e. The first kappa shape index (κ1) is 17.1. The van der Waals surface area contributed by atoms with Crippen LogP contribution in [0.3, 0.4) is 0 Å². The number of likely N-dealkylation sites (tertiary alicyclic amines) is 1. The van der Waals surface area contributed by atoms with Crippen LogP contribution in [0.2, 0.25) is 0 Å². The minimum atomic E-state index is -0.387. The Bertz CT molecular complexity index is 739. The van der Waals surface area contributed by atoms with E-state index in [0.717, 1.165) is 54.6 Å². The van der Waals surface area contributed by atoms with Gasteiger partial charge in [-0.3, -0.25) is 9.69 Å². The van der Waals surface area contributed by atoms with Gasteiger partial charge in [0.2, 0.25) is 5.91 Å². The molecule has 1 aliphatic rings. The normalized spacial score (nSPS) is 21.3. The van der Waals surface area contributed by atoms with Gasteiger partial charge in [-0.2, -0.15) is 0 Å². The zero-order valence-electron chi connectivity index (χ0n) is 14.7. The van der Waals surface area contributed by atoms with E-state index in [1.54, 1.807) is 18.3 Å². The average Bonchev–Trinajstić information content (AvgIpc) is 3.21. The molecule has 0 aliphatic carbocycles. The van der Waals surface area contributed by atoms with Crippen LogP contribution in [0.4, 0.5) is 0 Å². The molecule has 6 nitrogen and oxygen atoms in total. The van der Waals surface area contributed by atoms with Crippen molar-refractivity contribution in [1.82, 2.24) is 20.4 Å². The number of aryl methyl sites for hydroxylation is 3. The Labute approximate surface area is 146 Å². The molecule has 24 heavy (non-hydrogen) atoms. The van der Waals surface area contributed by atoms with E-state index in [2.05, 4.69) is 27.3 Å². The third kappa shape index (κ3) is 3.23. The molecule has 3 heterocycles. The van der Waals surface area contributed by atoms with Gasteiger partial charge in [-0.25, -0.2) is 4.98 Å². The predicted molar refractivity (Wildman–Crippen MR) is 92.9 cm³/mol. The van der Waals surface area contributed by atoms with E-state index < -0.39 is 0 Å². The van der Waals surface area contributed by atoms with Gasteiger partial charge in [0.05, 0.1) is 5.69 Å². The third-order valence-electron chi connectivity index (χ3n) is 4.57. The summed E-state index contributed by atoms with van der Waals surface area (Å²) in [6.07, 6.45) is 1.73. The molecule has 0 saturated carbocycles. The van der Waals surface area contributed by atoms with Gasteiger partial charge in [0.1, 0.15) is 16.3 Å². The number of nitrogens with one attached hydrogen (secondary N) is 1. The zero-order chi connectivity index (χ0) is 17.3. The lowest BCUT2D eigenvalue weighted by molar-refractivity contribution is -0.120. The summed E-state index contributed by atoms with van der Waals surface area (Å²) >= 11 is 1.63. The summed E-state index contributed by atoms with van der Waals surface area (Å²) in [7, 11) is 0. The van der Waals surface area contributed by atoms with Crippen molar-refractivity contribution in [3.05, 3.63) is 33.1 Å². The minimum Gasteiger partial charge on any atom is -0.361 e. The van der Waals surface area contributed by atoms with Gasteiger partial charge in [-0.15, -0.1) is 11.3 Å². The Morgan fingerprint density at radius 1 is 1.50 bits per heavy atom. The van der Waals surface area contributed by atoms with Crippen molar-refractivity contribution < 1.29 is 9.32 Å². The summed E-state index contributed by atoms with van der Waals surface area (Å²) in [5.41, 5.74) is 2.81. The predicted octanol–water partition coefficient (Wildman–Crippen LogP) is 2.55. The van der Waals surface area contributed by atoms with Crippen molar-refractivity contribution in [3.63, 3.8) is 0 Å². The highest BCUT2D eigenvalue weighted by atomic mass is 32.1. The lowest BCUT2D eigenvalue weighted by atomic mass is 9.99. The zero-order valence-corrected chi connectivity index (χ0v) is 15.5. The van der Waals surface area contributed by atoms with E-state index in [4.69, 9.17) is 4.52 Å². The highest BCUT2D eigenvalue weighted by Gasteiger charge is 2.43. The van der Waals surface area contributed by atoms with E-state index in [0.29, 0.717) is 0 Å². The van der Waals surface area contributed by atoms with Crippen LogP contribution in [0.25, 0.3) is 0 Å². The Morgan fingerprint density at radius 2 is 2.29 bits per heavy atom. The molecule has 3 rings (SSSR count). The highest BCUT2D eigenvalue weighted by Crippen LogP contribution is 2.35. The lowest BCUT2D eigenvalue weighted by Crippen LogP contribution is -2.47. The topological polar surface area (TPSA) is 71.3 Å². The smallest absolute Gasteiger partial charge is 0.217 e. The summed E-state index contributed by atoms with van der Waals surface area (Å²) in [4.78, 5) is 18.8. The van der Waals surface area contributed by atoms with Gasteiger partial charge in [0.25, 0.3) is 0 Å². The maximum absolute atomic E-state index is 11.8. The maximum atomic E-state index is 11.8. The molecule has 0 radical (unpaired) electrons. The molecule has 1 unspecified atom stereocenters. The standard InChI is InChI=1S/C17H24N4O2S/c1-5-15-14(12(3)23-20-15)8-21-7-6-17(10-21,19-13(4)22)16-18-11(2)9-24-16/h9H,5-8,10H2,1-4H3,(H,19,22). The number of nitrogens with zero attached hydrogens (tertiary/aromatic N) is 3. The summed E-state index contributed by atoms with van der Waals surface area (Å²) in [5.74, 6) is 0.870. The molecule has 0 spiro atoms. The third-order valence-corrected chi connectivity index (χ3v) is 5.74. The van der Waals surface area contributed by atoms with Crippen molar-refractivity contribution in [1.29, 1.82) is 0 Å². The number of thiazole rings is 1. The Balaban J connectivity index is 1.82. The molecule has 2 aromatic heterocycles. The fraction of sp³-hybridized carbons (Fsp3) is 0.588. The molecule has 1 aliphatic heterocycles. The van der Waals surface area contributed by atoms with Gasteiger partial charge >= 0.3 is 0 Å².